The Balaban J connectivity index is 1.96. The largest absolute Gasteiger partial charge is 0.465 e. The van der Waals surface area contributed by atoms with Gasteiger partial charge in [0.15, 0.2) is 5.78 Å². The third-order valence-corrected chi connectivity index (χ3v) is 3.78. The summed E-state index contributed by atoms with van der Waals surface area (Å²) >= 11 is 0. The minimum atomic E-state index is -0.348. The Morgan fingerprint density at radius 3 is 2.35 bits per heavy atom. The number of allylic oxidation sites excluding steroid dienone is 1. The molecule has 0 radical (unpaired) electrons. The molecule has 3 heteroatoms. The molecule has 1 fully saturated rings. The maximum atomic E-state index is 12.0. The van der Waals surface area contributed by atoms with E-state index in [4.69, 9.17) is 0 Å². The van der Waals surface area contributed by atoms with Gasteiger partial charge in [-0.15, -0.1) is 0 Å². The highest BCUT2D eigenvalue weighted by atomic mass is 16.5. The van der Waals surface area contributed by atoms with Gasteiger partial charge in [-0.05, 0) is 36.6 Å². The monoisotopic (exact) mass is 272 g/mol. The molecule has 0 aromatic heterocycles. The van der Waals surface area contributed by atoms with E-state index in [1.165, 1.54) is 13.5 Å². The number of carbonyl (C=O) groups excluding carboxylic acids is 2. The maximum absolute atomic E-state index is 12.0. The Bertz CT molecular complexity index is 493. The molecule has 0 aliphatic heterocycles. The molecule has 0 saturated heterocycles. The number of methoxy groups -OCH3 is 1. The zero-order valence-electron chi connectivity index (χ0n) is 11.8. The number of benzene rings is 1. The van der Waals surface area contributed by atoms with Gasteiger partial charge in [0.05, 0.1) is 12.7 Å². The van der Waals surface area contributed by atoms with Gasteiger partial charge in [-0.2, -0.15) is 0 Å². The fraction of sp³-hybridized carbons (Fsp3) is 0.412. The summed E-state index contributed by atoms with van der Waals surface area (Å²) in [7, 11) is 1.36. The summed E-state index contributed by atoms with van der Waals surface area (Å²) in [5.41, 5.74) is 1.44. The van der Waals surface area contributed by atoms with Crippen molar-refractivity contribution < 1.29 is 14.3 Å². The standard InChI is InChI=1S/C17H20O3/c1-20-17(19)15-10-7-13(8-11-15)9-12-16(18)14-5-3-2-4-6-14/h7-12,14H,2-6H2,1H3/b12-9+. The smallest absolute Gasteiger partial charge is 0.337 e. The quantitative estimate of drug-likeness (QED) is 0.621. The van der Waals surface area contributed by atoms with E-state index in [1.807, 2.05) is 18.2 Å². The molecule has 0 unspecified atom stereocenters. The number of hydrogen-bond acceptors (Lipinski definition) is 3. The van der Waals surface area contributed by atoms with Gasteiger partial charge in [0, 0.05) is 5.92 Å². The maximum Gasteiger partial charge on any atom is 0.337 e. The number of ketones is 1. The van der Waals surface area contributed by atoms with Crippen LogP contribution in [-0.4, -0.2) is 18.9 Å². The molecule has 0 spiro atoms. The van der Waals surface area contributed by atoms with Gasteiger partial charge >= 0.3 is 5.97 Å². The summed E-state index contributed by atoms with van der Waals surface area (Å²) in [6, 6.07) is 7.04. The van der Waals surface area contributed by atoms with Crippen molar-refractivity contribution >= 4 is 17.8 Å². The van der Waals surface area contributed by atoms with Crippen LogP contribution in [0.25, 0.3) is 6.08 Å². The average molecular weight is 272 g/mol. The second kappa shape index (κ2) is 7.04. The molecule has 1 aliphatic rings. The Morgan fingerprint density at radius 2 is 1.75 bits per heavy atom. The molecule has 1 aliphatic carbocycles. The summed E-state index contributed by atoms with van der Waals surface area (Å²) < 4.78 is 4.64. The second-order valence-corrected chi connectivity index (χ2v) is 5.18. The first-order valence-electron chi connectivity index (χ1n) is 7.11. The predicted octanol–water partition coefficient (Wildman–Crippen LogP) is 3.64. The molecule has 106 valence electrons. The van der Waals surface area contributed by atoms with E-state index >= 15 is 0 Å². The first-order valence-corrected chi connectivity index (χ1v) is 7.11. The summed E-state index contributed by atoms with van der Waals surface area (Å²) in [5.74, 6) is 0.0786. The van der Waals surface area contributed by atoms with Crippen molar-refractivity contribution in [2.24, 2.45) is 5.92 Å². The summed E-state index contributed by atoms with van der Waals surface area (Å²) in [6.45, 7) is 0. The van der Waals surface area contributed by atoms with Crippen LogP contribution in [0.2, 0.25) is 0 Å². The zero-order valence-corrected chi connectivity index (χ0v) is 11.8. The first kappa shape index (κ1) is 14.5. The van der Waals surface area contributed by atoms with Crippen LogP contribution in [0.1, 0.15) is 48.0 Å². The summed E-state index contributed by atoms with van der Waals surface area (Å²) in [5, 5.41) is 0. The van der Waals surface area contributed by atoms with Crippen LogP contribution >= 0.6 is 0 Å². The predicted molar refractivity (Wildman–Crippen MR) is 78.4 cm³/mol. The van der Waals surface area contributed by atoms with Crippen LogP contribution in [0.3, 0.4) is 0 Å². The topological polar surface area (TPSA) is 43.4 Å². The molecule has 0 atom stereocenters. The zero-order chi connectivity index (χ0) is 14.4. The van der Waals surface area contributed by atoms with Crippen molar-refractivity contribution in [1.29, 1.82) is 0 Å². The molecular formula is C17H20O3. The Labute approximate surface area is 119 Å². The van der Waals surface area contributed by atoms with E-state index in [0.29, 0.717) is 5.56 Å². The average Bonchev–Trinajstić information content (AvgIpc) is 2.53. The van der Waals surface area contributed by atoms with Crippen LogP contribution in [0.4, 0.5) is 0 Å². The molecule has 1 saturated carbocycles. The molecule has 1 aromatic rings. The van der Waals surface area contributed by atoms with Gasteiger partial charge in [-0.1, -0.05) is 37.5 Å². The second-order valence-electron chi connectivity index (χ2n) is 5.18. The van der Waals surface area contributed by atoms with Crippen LogP contribution in [-0.2, 0) is 9.53 Å². The first-order chi connectivity index (χ1) is 9.70. The number of esters is 1. The summed E-state index contributed by atoms with van der Waals surface area (Å²) in [6.07, 6.45) is 9.11. The lowest BCUT2D eigenvalue weighted by Gasteiger charge is -2.18. The highest BCUT2D eigenvalue weighted by Gasteiger charge is 2.18. The van der Waals surface area contributed by atoms with E-state index in [-0.39, 0.29) is 17.7 Å². The molecule has 3 nitrogen and oxygen atoms in total. The molecule has 2 rings (SSSR count). The normalized spacial score (nSPS) is 16.2. The summed E-state index contributed by atoms with van der Waals surface area (Å²) in [4.78, 5) is 23.3. The van der Waals surface area contributed by atoms with Gasteiger partial charge in [0.2, 0.25) is 0 Å². The number of hydrogen-bond donors (Lipinski definition) is 0. The third-order valence-electron chi connectivity index (χ3n) is 3.78. The van der Waals surface area contributed by atoms with Crippen molar-refractivity contribution in [3.8, 4) is 0 Å². The minimum Gasteiger partial charge on any atom is -0.465 e. The van der Waals surface area contributed by atoms with Gasteiger partial charge < -0.3 is 4.74 Å². The molecular weight excluding hydrogens is 252 g/mol. The van der Waals surface area contributed by atoms with Crippen molar-refractivity contribution in [3.05, 3.63) is 41.5 Å². The Kier molecular flexibility index (Phi) is 5.10. The molecule has 20 heavy (non-hydrogen) atoms. The van der Waals surface area contributed by atoms with Crippen molar-refractivity contribution in [2.75, 3.05) is 7.11 Å². The van der Waals surface area contributed by atoms with E-state index in [9.17, 15) is 9.59 Å². The Morgan fingerprint density at radius 1 is 1.10 bits per heavy atom. The molecule has 1 aromatic carbocycles. The molecule has 0 bridgehead atoms. The highest BCUT2D eigenvalue weighted by molar-refractivity contribution is 5.95. The molecule has 0 N–H and O–H groups in total. The SMILES string of the molecule is COC(=O)c1ccc(/C=C/C(=O)C2CCCCC2)cc1. The van der Waals surface area contributed by atoms with Crippen molar-refractivity contribution in [1.82, 2.24) is 0 Å². The van der Waals surface area contributed by atoms with E-state index in [0.717, 1.165) is 31.2 Å². The van der Waals surface area contributed by atoms with Gasteiger partial charge in [0.25, 0.3) is 0 Å². The lowest BCUT2D eigenvalue weighted by molar-refractivity contribution is -0.119. The highest BCUT2D eigenvalue weighted by Crippen LogP contribution is 2.24. The molecule has 0 amide bonds. The van der Waals surface area contributed by atoms with Gasteiger partial charge in [-0.25, -0.2) is 4.79 Å². The van der Waals surface area contributed by atoms with Crippen molar-refractivity contribution in [3.63, 3.8) is 0 Å². The lowest BCUT2D eigenvalue weighted by Crippen LogP contribution is -2.15. The fourth-order valence-corrected chi connectivity index (χ4v) is 2.55. The van der Waals surface area contributed by atoms with Gasteiger partial charge in [-0.3, -0.25) is 4.79 Å². The number of carbonyl (C=O) groups is 2. The van der Waals surface area contributed by atoms with Crippen LogP contribution < -0.4 is 0 Å². The van der Waals surface area contributed by atoms with Crippen LogP contribution in [0.5, 0.6) is 0 Å². The van der Waals surface area contributed by atoms with E-state index in [2.05, 4.69) is 4.74 Å². The Hall–Kier alpha value is -1.90. The third kappa shape index (κ3) is 3.80. The van der Waals surface area contributed by atoms with E-state index in [1.54, 1.807) is 18.2 Å². The fourth-order valence-electron chi connectivity index (χ4n) is 2.55. The van der Waals surface area contributed by atoms with E-state index < -0.39 is 0 Å². The van der Waals surface area contributed by atoms with Crippen LogP contribution in [0, 0.1) is 5.92 Å². The number of rotatable bonds is 4. The number of ether oxygens (including phenoxy) is 1. The minimum absolute atomic E-state index is 0.203. The van der Waals surface area contributed by atoms with Crippen molar-refractivity contribution in [2.45, 2.75) is 32.1 Å². The van der Waals surface area contributed by atoms with Gasteiger partial charge in [0.1, 0.15) is 0 Å². The van der Waals surface area contributed by atoms with Crippen LogP contribution in [0.15, 0.2) is 30.3 Å². The lowest BCUT2D eigenvalue weighted by atomic mass is 9.86. The molecule has 0 heterocycles.